The van der Waals surface area contributed by atoms with Gasteiger partial charge in [0, 0.05) is 36.6 Å². The molecular weight excluding hydrogens is 426 g/mol. The minimum Gasteiger partial charge on any atom is -0.460 e. The predicted octanol–water partition coefficient (Wildman–Crippen LogP) is 5.05. The van der Waals surface area contributed by atoms with Crippen LogP contribution in [0, 0.1) is 18.3 Å². The van der Waals surface area contributed by atoms with Crippen molar-refractivity contribution < 1.29 is 9.21 Å². The average molecular weight is 446 g/mol. The Labute approximate surface area is 190 Å². The topological polar surface area (TPSA) is 88.0 Å². The van der Waals surface area contributed by atoms with Gasteiger partial charge in [-0.05, 0) is 48.9 Å². The molecule has 3 heterocycles. The lowest BCUT2D eigenvalue weighted by molar-refractivity contribution is 0.0737. The van der Waals surface area contributed by atoms with E-state index in [9.17, 15) is 4.79 Å². The molecule has 3 aromatic heterocycles. The predicted molar refractivity (Wildman–Crippen MR) is 120 cm³/mol. The molecule has 1 amide bonds. The molecule has 0 aliphatic carbocycles. The van der Waals surface area contributed by atoms with Crippen molar-refractivity contribution in [3.05, 3.63) is 89.0 Å². The van der Waals surface area contributed by atoms with Crippen LogP contribution in [0.4, 0.5) is 0 Å². The highest BCUT2D eigenvalue weighted by Crippen LogP contribution is 2.26. The number of amides is 1. The summed E-state index contributed by atoms with van der Waals surface area (Å²) in [6.45, 7) is 2.45. The molecule has 7 nitrogen and oxygen atoms in total. The zero-order valence-electron chi connectivity index (χ0n) is 17.4. The molecule has 1 aromatic carbocycles. The summed E-state index contributed by atoms with van der Waals surface area (Å²) in [5, 5.41) is 14.3. The number of halogens is 1. The fraction of sp³-hybridized carbons (Fsp3) is 0.167. The van der Waals surface area contributed by atoms with Crippen molar-refractivity contribution in [1.82, 2.24) is 19.7 Å². The number of aryl methyl sites for hydroxylation is 1. The van der Waals surface area contributed by atoms with Crippen LogP contribution >= 0.6 is 11.6 Å². The highest BCUT2D eigenvalue weighted by atomic mass is 35.5. The lowest BCUT2D eigenvalue weighted by atomic mass is 10.2. The van der Waals surface area contributed by atoms with E-state index in [-0.39, 0.29) is 18.9 Å². The monoisotopic (exact) mass is 445 g/mol. The van der Waals surface area contributed by atoms with Crippen LogP contribution < -0.4 is 0 Å². The zero-order chi connectivity index (χ0) is 22.5. The SMILES string of the molecule is Cc1ccc(-c2cc(C(=O)N(CCC#N)Cc3cccnc3)n(-c3cccc(Cl)c3)n2)o1. The Morgan fingerprint density at radius 1 is 1.22 bits per heavy atom. The number of carbonyl (C=O) groups is 1. The van der Waals surface area contributed by atoms with E-state index >= 15 is 0 Å². The van der Waals surface area contributed by atoms with Crippen LogP contribution in [0.1, 0.15) is 28.2 Å². The third-order valence-electron chi connectivity index (χ3n) is 4.85. The summed E-state index contributed by atoms with van der Waals surface area (Å²) in [5.74, 6) is 1.05. The number of pyridine rings is 1. The molecule has 32 heavy (non-hydrogen) atoms. The molecule has 0 atom stereocenters. The van der Waals surface area contributed by atoms with Gasteiger partial charge in [0.05, 0.1) is 18.2 Å². The van der Waals surface area contributed by atoms with Crippen molar-refractivity contribution in [1.29, 1.82) is 5.26 Å². The lowest BCUT2D eigenvalue weighted by Crippen LogP contribution is -2.33. The molecule has 0 unspecified atom stereocenters. The van der Waals surface area contributed by atoms with Gasteiger partial charge < -0.3 is 9.32 Å². The number of carbonyl (C=O) groups excluding carboxylic acids is 1. The molecule has 0 fully saturated rings. The normalized spacial score (nSPS) is 10.7. The largest absolute Gasteiger partial charge is 0.460 e. The van der Waals surface area contributed by atoms with Gasteiger partial charge in [0.15, 0.2) is 5.76 Å². The van der Waals surface area contributed by atoms with Gasteiger partial charge in [-0.1, -0.05) is 23.7 Å². The zero-order valence-corrected chi connectivity index (χ0v) is 18.2. The number of nitriles is 1. The summed E-state index contributed by atoms with van der Waals surface area (Å²) in [6.07, 6.45) is 3.59. The van der Waals surface area contributed by atoms with E-state index < -0.39 is 0 Å². The lowest BCUT2D eigenvalue weighted by Gasteiger charge is -2.22. The number of aromatic nitrogens is 3. The Morgan fingerprint density at radius 2 is 2.09 bits per heavy atom. The van der Waals surface area contributed by atoms with Crippen LogP contribution in [0.15, 0.2) is 71.4 Å². The highest BCUT2D eigenvalue weighted by molar-refractivity contribution is 6.30. The fourth-order valence-corrected chi connectivity index (χ4v) is 3.53. The molecule has 4 rings (SSSR count). The second-order valence-electron chi connectivity index (χ2n) is 7.21. The van der Waals surface area contributed by atoms with Crippen molar-refractivity contribution >= 4 is 17.5 Å². The first-order valence-electron chi connectivity index (χ1n) is 10.0. The third-order valence-corrected chi connectivity index (χ3v) is 5.09. The van der Waals surface area contributed by atoms with Crippen molar-refractivity contribution in [3.8, 4) is 23.2 Å². The first kappa shape index (κ1) is 21.3. The maximum absolute atomic E-state index is 13.7. The number of benzene rings is 1. The Kier molecular flexibility index (Phi) is 6.34. The van der Waals surface area contributed by atoms with Crippen LogP contribution in [0.5, 0.6) is 0 Å². The van der Waals surface area contributed by atoms with Crippen LogP contribution in [0.25, 0.3) is 17.1 Å². The van der Waals surface area contributed by atoms with Gasteiger partial charge in [0.25, 0.3) is 5.91 Å². The van der Waals surface area contributed by atoms with E-state index in [0.717, 1.165) is 11.3 Å². The molecule has 0 N–H and O–H groups in total. The summed E-state index contributed by atoms with van der Waals surface area (Å²) in [7, 11) is 0. The van der Waals surface area contributed by atoms with Crippen LogP contribution in [0.2, 0.25) is 5.02 Å². The second-order valence-corrected chi connectivity index (χ2v) is 7.65. The number of hydrogen-bond donors (Lipinski definition) is 0. The molecular formula is C24H20ClN5O2. The van der Waals surface area contributed by atoms with Crippen molar-refractivity contribution in [2.45, 2.75) is 19.9 Å². The number of hydrogen-bond acceptors (Lipinski definition) is 5. The van der Waals surface area contributed by atoms with E-state index in [2.05, 4.69) is 16.2 Å². The second kappa shape index (κ2) is 9.50. The summed E-state index contributed by atoms with van der Waals surface area (Å²) < 4.78 is 7.28. The summed E-state index contributed by atoms with van der Waals surface area (Å²) in [5.41, 5.74) is 2.40. The Hall–Kier alpha value is -3.89. The van der Waals surface area contributed by atoms with Gasteiger partial charge >= 0.3 is 0 Å². The van der Waals surface area contributed by atoms with Crippen LogP contribution in [-0.4, -0.2) is 32.1 Å². The van der Waals surface area contributed by atoms with Gasteiger partial charge in [0.2, 0.25) is 0 Å². The van der Waals surface area contributed by atoms with Crippen molar-refractivity contribution in [2.24, 2.45) is 0 Å². The number of furan rings is 1. The Balaban J connectivity index is 1.77. The van der Waals surface area contributed by atoms with Crippen LogP contribution in [0.3, 0.4) is 0 Å². The third kappa shape index (κ3) is 4.71. The molecule has 0 spiro atoms. The summed E-state index contributed by atoms with van der Waals surface area (Å²) in [4.78, 5) is 19.4. The fourth-order valence-electron chi connectivity index (χ4n) is 3.34. The molecule has 4 aromatic rings. The van der Waals surface area contributed by atoms with E-state index in [0.29, 0.717) is 34.4 Å². The van der Waals surface area contributed by atoms with Gasteiger partial charge in [-0.2, -0.15) is 10.4 Å². The van der Waals surface area contributed by atoms with Gasteiger partial charge in [-0.3, -0.25) is 9.78 Å². The minimum absolute atomic E-state index is 0.210. The van der Waals surface area contributed by atoms with E-state index in [1.807, 2.05) is 37.3 Å². The molecule has 0 bridgehead atoms. The molecule has 0 saturated carbocycles. The quantitative estimate of drug-likeness (QED) is 0.397. The smallest absolute Gasteiger partial charge is 0.272 e. The maximum Gasteiger partial charge on any atom is 0.272 e. The Bertz CT molecular complexity index is 1270. The highest BCUT2D eigenvalue weighted by Gasteiger charge is 2.24. The summed E-state index contributed by atoms with van der Waals surface area (Å²) >= 11 is 6.19. The van der Waals surface area contributed by atoms with Gasteiger partial charge in [0.1, 0.15) is 17.1 Å². The number of nitrogens with zero attached hydrogens (tertiary/aromatic N) is 5. The number of rotatable bonds is 7. The van der Waals surface area contributed by atoms with Crippen molar-refractivity contribution in [2.75, 3.05) is 6.54 Å². The van der Waals surface area contributed by atoms with Crippen molar-refractivity contribution in [3.63, 3.8) is 0 Å². The standard InChI is InChI=1S/C24H20ClN5O2/c1-17-8-9-23(32-17)21-14-22(30(28-21)20-7-2-6-19(25)13-20)24(31)29(12-4-10-26)16-18-5-3-11-27-15-18/h2-3,5-9,11,13-15H,4,12,16H2,1H3. The van der Waals surface area contributed by atoms with E-state index in [1.165, 1.54) is 0 Å². The first-order valence-corrected chi connectivity index (χ1v) is 10.4. The molecule has 0 aliphatic heterocycles. The average Bonchev–Trinajstić information content (AvgIpc) is 3.43. The molecule has 0 aliphatic rings. The summed E-state index contributed by atoms with van der Waals surface area (Å²) in [6, 6.07) is 18.3. The molecule has 0 saturated heterocycles. The maximum atomic E-state index is 13.7. The first-order chi connectivity index (χ1) is 15.5. The Morgan fingerprint density at radius 3 is 2.78 bits per heavy atom. The van der Waals surface area contributed by atoms with E-state index in [1.54, 1.807) is 46.2 Å². The molecule has 0 radical (unpaired) electrons. The molecule has 160 valence electrons. The molecule has 8 heteroatoms. The minimum atomic E-state index is -0.258. The van der Waals surface area contributed by atoms with E-state index in [4.69, 9.17) is 21.3 Å². The van der Waals surface area contributed by atoms with Gasteiger partial charge in [-0.25, -0.2) is 4.68 Å². The van der Waals surface area contributed by atoms with Gasteiger partial charge in [-0.15, -0.1) is 0 Å². The van der Waals surface area contributed by atoms with Crippen LogP contribution in [-0.2, 0) is 6.54 Å².